The second-order valence-electron chi connectivity index (χ2n) is 18.5. The number of amides is 8. The van der Waals surface area contributed by atoms with Crippen LogP contribution in [-0.4, -0.2) is 154 Å². The fourth-order valence-electron chi connectivity index (χ4n) is 7.89. The summed E-state index contributed by atoms with van der Waals surface area (Å²) in [5.74, 6) is -9.87. The van der Waals surface area contributed by atoms with Crippen LogP contribution in [0.4, 0.5) is 0 Å². The number of carbonyl (C=O) groups is 10. The van der Waals surface area contributed by atoms with Gasteiger partial charge in [0.05, 0.1) is 25.6 Å². The van der Waals surface area contributed by atoms with E-state index in [1.54, 1.807) is 37.3 Å². The Hall–Kier alpha value is -7.83. The minimum absolute atomic E-state index is 0.0407. The van der Waals surface area contributed by atoms with E-state index >= 15 is 0 Å². The summed E-state index contributed by atoms with van der Waals surface area (Å²) >= 11 is 0. The number of carboxylic acids is 2. The van der Waals surface area contributed by atoms with Crippen LogP contribution < -0.4 is 54.4 Å². The van der Waals surface area contributed by atoms with Crippen LogP contribution in [0.2, 0.25) is 0 Å². The van der Waals surface area contributed by atoms with Gasteiger partial charge in [-0.1, -0.05) is 76.6 Å². The van der Waals surface area contributed by atoms with Crippen LogP contribution in [0.5, 0.6) is 5.75 Å². The summed E-state index contributed by atoms with van der Waals surface area (Å²) < 4.78 is 0. The smallest absolute Gasteiger partial charge is 0.326 e. The third-order valence-electron chi connectivity index (χ3n) is 12.1. The number of likely N-dealkylation sites (tertiary alicyclic amines) is 1. The standard InChI is InChI=1S/C49H72N12O13/c1-5-28(4)41(60-42(67)32(50)13-9-19-53-49(51)52)47(72)59-33(21-27(2)3)43(68)55-26-39(64)61-20-10-14-37(61)46(71)58-35(24-40(65)66)45(70)57-34(22-29-11-7-6-8-12-29)44(69)54-25-38(63)56-36(48(73)74)23-30-15-17-31(62)18-16-30/h6-8,11-12,15-18,27-28,32-37,41,62H,5,9-10,13-14,19-26,50H2,1-4H3,(H,54,69)(H,55,68)(H,56,63)(H,57,70)(H,58,71)(H,59,72)(H,60,67)(H,65,66)(H,73,74)(H4,51,52,53)/t28-,32-,33-,34-,35-,36-,37-,41-/m0/s1. The van der Waals surface area contributed by atoms with Crippen molar-refractivity contribution in [2.24, 2.45) is 34.0 Å². The van der Waals surface area contributed by atoms with E-state index in [9.17, 15) is 63.3 Å². The van der Waals surface area contributed by atoms with Gasteiger partial charge in [0.25, 0.3) is 0 Å². The number of aliphatic imine (C=N–C) groups is 1. The molecule has 1 fully saturated rings. The Bertz CT molecular complexity index is 2300. The molecular formula is C49H72N12O13. The van der Waals surface area contributed by atoms with Crippen molar-refractivity contribution in [2.75, 3.05) is 26.2 Å². The van der Waals surface area contributed by atoms with E-state index in [-0.39, 0.29) is 68.7 Å². The van der Waals surface area contributed by atoms with Crippen molar-refractivity contribution in [3.8, 4) is 5.75 Å². The Morgan fingerprint density at radius 3 is 1.93 bits per heavy atom. The molecule has 0 unspecified atom stereocenters. The molecule has 0 saturated carbocycles. The van der Waals surface area contributed by atoms with E-state index in [0.29, 0.717) is 30.4 Å². The number of aliphatic carboxylic acids is 2. The summed E-state index contributed by atoms with van der Waals surface area (Å²) in [6, 6.07) is 5.04. The maximum absolute atomic E-state index is 13.8. The average molecular weight is 1040 g/mol. The summed E-state index contributed by atoms with van der Waals surface area (Å²) in [6.45, 7) is 6.22. The van der Waals surface area contributed by atoms with Crippen LogP contribution in [0, 0.1) is 11.8 Å². The van der Waals surface area contributed by atoms with Crippen molar-refractivity contribution >= 4 is 65.2 Å². The fourth-order valence-corrected chi connectivity index (χ4v) is 7.89. The van der Waals surface area contributed by atoms with Gasteiger partial charge in [0, 0.05) is 25.9 Å². The van der Waals surface area contributed by atoms with Gasteiger partial charge in [-0.15, -0.1) is 0 Å². The van der Waals surface area contributed by atoms with Crippen molar-refractivity contribution in [1.82, 2.24) is 42.1 Å². The SMILES string of the molecule is CC[C@H](C)[C@H](NC(=O)[C@@H](N)CCCN=C(N)N)C(=O)N[C@@H](CC(C)C)C(=O)NCC(=O)N1CCC[C@H]1C(=O)N[C@@H](CC(=O)O)C(=O)N[C@@H](Cc1ccccc1)C(=O)NCC(=O)N[C@@H](Cc1ccc(O)cc1)C(=O)O. The Labute approximate surface area is 429 Å². The van der Waals surface area contributed by atoms with Crippen LogP contribution in [0.15, 0.2) is 59.6 Å². The van der Waals surface area contributed by atoms with Gasteiger partial charge in [0.15, 0.2) is 5.96 Å². The fraction of sp³-hybridized carbons (Fsp3) is 0.531. The van der Waals surface area contributed by atoms with Gasteiger partial charge < -0.3 is 74.6 Å². The summed E-state index contributed by atoms with van der Waals surface area (Å²) in [5, 5.41) is 46.5. The number of benzene rings is 2. The summed E-state index contributed by atoms with van der Waals surface area (Å²) in [5.41, 5.74) is 17.8. The first-order valence-electron chi connectivity index (χ1n) is 24.4. The van der Waals surface area contributed by atoms with Gasteiger partial charge in [-0.2, -0.15) is 0 Å². The van der Waals surface area contributed by atoms with E-state index < -0.39 is 121 Å². The number of aromatic hydroxyl groups is 1. The number of nitrogens with one attached hydrogen (secondary N) is 7. The lowest BCUT2D eigenvalue weighted by Gasteiger charge is -2.29. The summed E-state index contributed by atoms with van der Waals surface area (Å²) in [4.78, 5) is 137. The number of rotatable bonds is 30. The van der Waals surface area contributed by atoms with E-state index in [2.05, 4.69) is 42.2 Å². The molecular weight excluding hydrogens is 965 g/mol. The van der Waals surface area contributed by atoms with E-state index in [1.807, 2.05) is 20.8 Å². The molecule has 1 saturated heterocycles. The van der Waals surface area contributed by atoms with Gasteiger partial charge in [-0.05, 0) is 67.2 Å². The maximum Gasteiger partial charge on any atom is 0.326 e. The van der Waals surface area contributed by atoms with Crippen molar-refractivity contribution in [3.05, 3.63) is 65.7 Å². The zero-order valence-corrected chi connectivity index (χ0v) is 42.1. The first-order valence-corrected chi connectivity index (χ1v) is 24.4. The molecule has 25 nitrogen and oxygen atoms in total. The molecule has 16 N–H and O–H groups in total. The van der Waals surface area contributed by atoms with Gasteiger partial charge in [-0.3, -0.25) is 48.1 Å². The molecule has 1 aliphatic heterocycles. The van der Waals surface area contributed by atoms with Crippen LogP contribution in [0.25, 0.3) is 0 Å². The highest BCUT2D eigenvalue weighted by molar-refractivity contribution is 5.98. The molecule has 0 spiro atoms. The number of guanidine groups is 1. The summed E-state index contributed by atoms with van der Waals surface area (Å²) in [7, 11) is 0. The van der Waals surface area contributed by atoms with E-state index in [0.717, 1.165) is 0 Å². The number of nitrogens with two attached hydrogens (primary N) is 3. The Morgan fingerprint density at radius 2 is 1.32 bits per heavy atom. The monoisotopic (exact) mass is 1040 g/mol. The third kappa shape index (κ3) is 20.7. The first kappa shape index (κ1) is 60.5. The Kier molecular flexibility index (Phi) is 24.7. The predicted octanol–water partition coefficient (Wildman–Crippen LogP) is -2.14. The molecule has 2 aromatic rings. The lowest BCUT2D eigenvalue weighted by Crippen LogP contribution is -2.59. The van der Waals surface area contributed by atoms with Crippen molar-refractivity contribution in [2.45, 2.75) is 128 Å². The minimum Gasteiger partial charge on any atom is -0.508 e. The lowest BCUT2D eigenvalue weighted by atomic mass is 9.96. The lowest BCUT2D eigenvalue weighted by molar-refractivity contribution is -0.143. The molecule has 1 aliphatic rings. The zero-order valence-electron chi connectivity index (χ0n) is 42.1. The molecule has 0 aromatic heterocycles. The second kappa shape index (κ2) is 30.3. The van der Waals surface area contributed by atoms with Gasteiger partial charge in [0.2, 0.25) is 47.3 Å². The topological polar surface area (TPSA) is 409 Å². The van der Waals surface area contributed by atoms with E-state index in [1.165, 1.54) is 29.2 Å². The predicted molar refractivity (Wildman–Crippen MR) is 269 cm³/mol. The Morgan fingerprint density at radius 1 is 0.716 bits per heavy atom. The number of carbonyl (C=O) groups excluding carboxylic acids is 8. The number of carboxylic acid groups (broad SMARTS) is 2. The zero-order chi connectivity index (χ0) is 55.1. The van der Waals surface area contributed by atoms with Crippen LogP contribution >= 0.6 is 0 Å². The van der Waals surface area contributed by atoms with Gasteiger partial charge >= 0.3 is 11.9 Å². The van der Waals surface area contributed by atoms with Crippen molar-refractivity contribution in [1.29, 1.82) is 0 Å². The molecule has 1 heterocycles. The molecule has 0 bridgehead atoms. The molecule has 74 heavy (non-hydrogen) atoms. The van der Waals surface area contributed by atoms with Crippen LogP contribution in [0.1, 0.15) is 83.8 Å². The van der Waals surface area contributed by atoms with Crippen molar-refractivity contribution in [3.63, 3.8) is 0 Å². The van der Waals surface area contributed by atoms with E-state index in [4.69, 9.17) is 17.2 Å². The second-order valence-corrected chi connectivity index (χ2v) is 18.5. The highest BCUT2D eigenvalue weighted by Gasteiger charge is 2.38. The molecule has 0 aliphatic carbocycles. The molecule has 3 rings (SSSR count). The first-order chi connectivity index (χ1) is 35.0. The highest BCUT2D eigenvalue weighted by Crippen LogP contribution is 2.19. The molecule has 0 radical (unpaired) electrons. The average Bonchev–Trinajstić information content (AvgIpc) is 3.85. The van der Waals surface area contributed by atoms with Crippen LogP contribution in [-0.2, 0) is 60.8 Å². The Balaban J connectivity index is 1.68. The quantitative estimate of drug-likeness (QED) is 0.0226. The molecule has 406 valence electrons. The van der Waals surface area contributed by atoms with Crippen LogP contribution in [0.3, 0.4) is 0 Å². The van der Waals surface area contributed by atoms with Gasteiger partial charge in [0.1, 0.15) is 42.0 Å². The number of nitrogens with zero attached hydrogens (tertiary/aromatic N) is 2. The number of hydrogen-bond donors (Lipinski definition) is 13. The number of phenolic OH excluding ortho intramolecular Hbond substituents is 1. The maximum atomic E-state index is 13.8. The number of phenols is 1. The largest absolute Gasteiger partial charge is 0.508 e. The van der Waals surface area contributed by atoms with Crippen molar-refractivity contribution < 1.29 is 63.3 Å². The molecule has 25 heteroatoms. The summed E-state index contributed by atoms with van der Waals surface area (Å²) in [6.07, 6.45) is 0.479. The molecule has 8 atom stereocenters. The number of hydrogen-bond acceptors (Lipinski definition) is 13. The highest BCUT2D eigenvalue weighted by atomic mass is 16.4. The van der Waals surface area contributed by atoms with Gasteiger partial charge in [-0.25, -0.2) is 4.79 Å². The normalized spacial score (nSPS) is 15.9. The molecule has 2 aromatic carbocycles. The third-order valence-corrected chi connectivity index (χ3v) is 12.1. The minimum atomic E-state index is -1.76. The molecule has 8 amide bonds.